The van der Waals surface area contributed by atoms with E-state index in [1.807, 2.05) is 6.92 Å². The molecule has 4 nitrogen and oxygen atoms in total. The van der Waals surface area contributed by atoms with Gasteiger partial charge in [0, 0.05) is 17.5 Å². The van der Waals surface area contributed by atoms with Gasteiger partial charge in [0.1, 0.15) is 17.5 Å². The molecule has 0 aliphatic carbocycles. The third-order valence-electron chi connectivity index (χ3n) is 2.12. The van der Waals surface area contributed by atoms with E-state index in [0.717, 1.165) is 18.8 Å². The van der Waals surface area contributed by atoms with E-state index in [1.54, 1.807) is 17.4 Å². The molecule has 0 aliphatic heterocycles. The van der Waals surface area contributed by atoms with E-state index < -0.39 is 0 Å². The van der Waals surface area contributed by atoms with Gasteiger partial charge in [0.2, 0.25) is 0 Å². The van der Waals surface area contributed by atoms with Crippen LogP contribution in [0.15, 0.2) is 23.6 Å². The average molecular weight is 234 g/mol. The van der Waals surface area contributed by atoms with Crippen LogP contribution < -0.4 is 11.1 Å². The van der Waals surface area contributed by atoms with Gasteiger partial charge in [-0.25, -0.2) is 9.97 Å². The molecule has 0 atom stereocenters. The molecule has 2 rings (SSSR count). The van der Waals surface area contributed by atoms with Crippen molar-refractivity contribution in [3.05, 3.63) is 34.3 Å². The van der Waals surface area contributed by atoms with Crippen molar-refractivity contribution in [1.82, 2.24) is 9.97 Å². The summed E-state index contributed by atoms with van der Waals surface area (Å²) in [5.41, 5.74) is 5.64. The minimum absolute atomic E-state index is 0.506. The highest BCUT2D eigenvalue weighted by atomic mass is 32.1. The summed E-state index contributed by atoms with van der Waals surface area (Å²) in [7, 11) is 0. The van der Waals surface area contributed by atoms with Crippen molar-refractivity contribution in [2.45, 2.75) is 13.3 Å². The molecule has 0 amide bonds. The van der Waals surface area contributed by atoms with Gasteiger partial charge in [-0.2, -0.15) is 0 Å². The number of rotatable bonds is 4. The molecule has 0 radical (unpaired) electrons. The van der Waals surface area contributed by atoms with Crippen LogP contribution in [0.4, 0.5) is 11.6 Å². The maximum atomic E-state index is 5.64. The molecule has 5 heteroatoms. The molecule has 2 aromatic rings. The molecule has 0 bridgehead atoms. The number of nitrogens with two attached hydrogens (primary N) is 1. The normalized spacial score (nSPS) is 10.3. The molecule has 0 unspecified atom stereocenters. The number of nitrogens with one attached hydrogen (secondary N) is 1. The second kappa shape index (κ2) is 4.94. The Bertz CT molecular complexity index is 433. The molecular weight excluding hydrogens is 220 g/mol. The number of nitrogens with zero attached hydrogens (tertiary/aromatic N) is 2. The van der Waals surface area contributed by atoms with Crippen LogP contribution in [0.25, 0.3) is 0 Å². The van der Waals surface area contributed by atoms with Crippen LogP contribution >= 0.6 is 11.3 Å². The van der Waals surface area contributed by atoms with Crippen LogP contribution in [0, 0.1) is 6.92 Å². The highest BCUT2D eigenvalue weighted by Gasteiger charge is 1.99. The first-order valence-electron chi connectivity index (χ1n) is 5.11. The van der Waals surface area contributed by atoms with E-state index in [2.05, 4.69) is 32.8 Å². The maximum absolute atomic E-state index is 5.64. The molecule has 0 spiro atoms. The Labute approximate surface area is 98.6 Å². The number of nitrogen functional groups attached to an aromatic ring is 1. The fourth-order valence-corrected chi connectivity index (χ4v) is 2.16. The van der Waals surface area contributed by atoms with E-state index in [1.165, 1.54) is 4.88 Å². The molecule has 0 saturated carbocycles. The molecule has 2 heterocycles. The predicted molar refractivity (Wildman–Crippen MR) is 67.7 cm³/mol. The van der Waals surface area contributed by atoms with Crippen LogP contribution in [0.5, 0.6) is 0 Å². The lowest BCUT2D eigenvalue weighted by molar-refractivity contribution is 0.997. The number of hydrogen-bond acceptors (Lipinski definition) is 5. The summed E-state index contributed by atoms with van der Waals surface area (Å²) in [6.45, 7) is 2.69. The van der Waals surface area contributed by atoms with E-state index >= 15 is 0 Å². The zero-order chi connectivity index (χ0) is 11.4. The van der Waals surface area contributed by atoms with Crippen molar-refractivity contribution in [3.8, 4) is 0 Å². The Morgan fingerprint density at radius 3 is 3.00 bits per heavy atom. The van der Waals surface area contributed by atoms with Crippen molar-refractivity contribution in [2.24, 2.45) is 0 Å². The highest BCUT2D eigenvalue weighted by molar-refractivity contribution is 7.09. The third-order valence-corrected chi connectivity index (χ3v) is 3.05. The number of aryl methyl sites for hydroxylation is 1. The summed E-state index contributed by atoms with van der Waals surface area (Å²) in [5, 5.41) is 5.33. The maximum Gasteiger partial charge on any atom is 0.131 e. The fraction of sp³-hybridized carbons (Fsp3) is 0.273. The molecule has 16 heavy (non-hydrogen) atoms. The minimum atomic E-state index is 0.506. The number of anilines is 2. The standard InChI is InChI=1S/C11H14N4S/c1-8-14-10(12)7-11(15-8)13-5-4-9-3-2-6-16-9/h2-3,6-7H,4-5H2,1H3,(H3,12,13,14,15). The zero-order valence-electron chi connectivity index (χ0n) is 9.10. The Morgan fingerprint density at radius 2 is 2.31 bits per heavy atom. The molecule has 0 fully saturated rings. The Hall–Kier alpha value is -1.62. The second-order valence-corrected chi connectivity index (χ2v) is 4.51. The summed E-state index contributed by atoms with van der Waals surface area (Å²) < 4.78 is 0. The van der Waals surface area contributed by atoms with Gasteiger partial charge in [-0.3, -0.25) is 0 Å². The van der Waals surface area contributed by atoms with Gasteiger partial charge in [0.25, 0.3) is 0 Å². The minimum Gasteiger partial charge on any atom is -0.384 e. The summed E-state index contributed by atoms with van der Waals surface area (Å²) >= 11 is 1.77. The molecular formula is C11H14N4S. The SMILES string of the molecule is Cc1nc(N)cc(NCCc2cccs2)n1. The molecule has 84 valence electrons. The zero-order valence-corrected chi connectivity index (χ0v) is 9.92. The van der Waals surface area contributed by atoms with E-state index in [0.29, 0.717) is 11.6 Å². The number of hydrogen-bond donors (Lipinski definition) is 2. The number of thiophene rings is 1. The summed E-state index contributed by atoms with van der Waals surface area (Å²) in [4.78, 5) is 9.64. The lowest BCUT2D eigenvalue weighted by atomic mass is 10.3. The van der Waals surface area contributed by atoms with Crippen LogP contribution in [0.1, 0.15) is 10.7 Å². The first-order chi connectivity index (χ1) is 7.74. The molecule has 0 saturated heterocycles. The monoisotopic (exact) mass is 234 g/mol. The van der Waals surface area contributed by atoms with Crippen molar-refractivity contribution in [3.63, 3.8) is 0 Å². The lowest BCUT2D eigenvalue weighted by Crippen LogP contribution is -2.07. The van der Waals surface area contributed by atoms with Crippen molar-refractivity contribution in [1.29, 1.82) is 0 Å². The second-order valence-electron chi connectivity index (χ2n) is 3.48. The van der Waals surface area contributed by atoms with Crippen molar-refractivity contribution in [2.75, 3.05) is 17.6 Å². The third kappa shape index (κ3) is 2.93. The van der Waals surface area contributed by atoms with Crippen molar-refractivity contribution < 1.29 is 0 Å². The number of aromatic nitrogens is 2. The van der Waals surface area contributed by atoms with E-state index in [-0.39, 0.29) is 0 Å². The van der Waals surface area contributed by atoms with Gasteiger partial charge in [0.05, 0.1) is 0 Å². The van der Waals surface area contributed by atoms with E-state index in [9.17, 15) is 0 Å². The van der Waals surface area contributed by atoms with Crippen LogP contribution in [0.2, 0.25) is 0 Å². The lowest BCUT2D eigenvalue weighted by Gasteiger charge is -2.05. The summed E-state index contributed by atoms with van der Waals surface area (Å²) in [6.07, 6.45) is 1.00. The van der Waals surface area contributed by atoms with Gasteiger partial charge in [-0.05, 0) is 24.8 Å². The van der Waals surface area contributed by atoms with Gasteiger partial charge in [0.15, 0.2) is 0 Å². The molecule has 3 N–H and O–H groups in total. The Morgan fingerprint density at radius 1 is 1.44 bits per heavy atom. The summed E-state index contributed by atoms with van der Waals surface area (Å²) in [6, 6.07) is 5.94. The Balaban J connectivity index is 1.89. The smallest absolute Gasteiger partial charge is 0.131 e. The van der Waals surface area contributed by atoms with Crippen molar-refractivity contribution >= 4 is 23.0 Å². The highest BCUT2D eigenvalue weighted by Crippen LogP contribution is 2.11. The van der Waals surface area contributed by atoms with Gasteiger partial charge >= 0.3 is 0 Å². The van der Waals surface area contributed by atoms with Crippen LogP contribution in [-0.4, -0.2) is 16.5 Å². The van der Waals surface area contributed by atoms with Gasteiger partial charge in [-0.1, -0.05) is 6.07 Å². The topological polar surface area (TPSA) is 63.8 Å². The van der Waals surface area contributed by atoms with Crippen LogP contribution in [-0.2, 0) is 6.42 Å². The van der Waals surface area contributed by atoms with Gasteiger partial charge in [-0.15, -0.1) is 11.3 Å². The first-order valence-corrected chi connectivity index (χ1v) is 5.99. The molecule has 0 aliphatic rings. The molecule has 2 aromatic heterocycles. The first kappa shape index (κ1) is 10.9. The Kier molecular flexibility index (Phi) is 3.36. The van der Waals surface area contributed by atoms with E-state index in [4.69, 9.17) is 5.73 Å². The average Bonchev–Trinajstić information content (AvgIpc) is 2.69. The van der Waals surface area contributed by atoms with Gasteiger partial charge < -0.3 is 11.1 Å². The largest absolute Gasteiger partial charge is 0.384 e. The summed E-state index contributed by atoms with van der Waals surface area (Å²) in [5.74, 6) is 1.99. The quantitative estimate of drug-likeness (QED) is 0.850. The fourth-order valence-electron chi connectivity index (χ4n) is 1.45. The predicted octanol–water partition coefficient (Wildman–Crippen LogP) is 2.08. The molecule has 0 aromatic carbocycles. The van der Waals surface area contributed by atoms with Crippen LogP contribution in [0.3, 0.4) is 0 Å².